The number of thiazole rings is 1. The van der Waals surface area contributed by atoms with Crippen molar-refractivity contribution in [3.63, 3.8) is 0 Å². The molecule has 0 unspecified atom stereocenters. The van der Waals surface area contributed by atoms with Crippen LogP contribution in [0.3, 0.4) is 0 Å². The summed E-state index contributed by atoms with van der Waals surface area (Å²) < 4.78 is 67.5. The first-order chi connectivity index (χ1) is 19.6. The number of aryl methyl sites for hydroxylation is 2. The number of alkyl halides is 3. The number of hydrogen-bond acceptors (Lipinski definition) is 7. The highest BCUT2D eigenvalue weighted by Crippen LogP contribution is 2.32. The van der Waals surface area contributed by atoms with Crippen molar-refractivity contribution in [1.29, 1.82) is 0 Å². The Morgan fingerprint density at radius 1 is 1.12 bits per heavy atom. The number of rotatable bonds is 8. The van der Waals surface area contributed by atoms with Crippen LogP contribution >= 0.6 is 11.3 Å². The van der Waals surface area contributed by atoms with Crippen LogP contribution in [0.1, 0.15) is 57.4 Å². The van der Waals surface area contributed by atoms with E-state index in [9.17, 15) is 36.3 Å². The molecule has 14 heteroatoms. The first kappa shape index (κ1) is 31.4. The molecule has 2 N–H and O–H groups in total. The van der Waals surface area contributed by atoms with Gasteiger partial charge in [-0.15, -0.1) is 0 Å². The maximum absolute atomic E-state index is 13.6. The molecule has 1 atom stereocenters. The molecule has 226 valence electrons. The lowest BCUT2D eigenvalue weighted by molar-refractivity contribution is -0.137. The topological polar surface area (TPSA) is 120 Å². The number of halogens is 3. The van der Waals surface area contributed by atoms with Crippen LogP contribution in [-0.2, 0) is 27.5 Å². The molecular weight excluding hydrogens is 593 g/mol. The van der Waals surface area contributed by atoms with Gasteiger partial charge >= 0.3 is 12.1 Å². The number of carboxylic acids is 1. The number of aromatic nitrogens is 1. The van der Waals surface area contributed by atoms with Crippen LogP contribution < -0.4 is 10.2 Å². The molecule has 1 fully saturated rings. The third kappa shape index (κ3) is 6.60. The Kier molecular flexibility index (Phi) is 9.00. The van der Waals surface area contributed by atoms with Gasteiger partial charge in [0.2, 0.25) is 15.9 Å². The van der Waals surface area contributed by atoms with Crippen molar-refractivity contribution >= 4 is 38.4 Å². The van der Waals surface area contributed by atoms with Gasteiger partial charge in [-0.2, -0.15) is 17.5 Å². The van der Waals surface area contributed by atoms with E-state index in [-0.39, 0.29) is 36.0 Å². The summed E-state index contributed by atoms with van der Waals surface area (Å²) in [4.78, 5) is 30.8. The maximum Gasteiger partial charge on any atom is 0.416 e. The molecule has 0 saturated carbocycles. The Morgan fingerprint density at radius 2 is 1.79 bits per heavy atom. The largest absolute Gasteiger partial charge is 0.477 e. The van der Waals surface area contributed by atoms with Crippen LogP contribution in [0.15, 0.2) is 47.4 Å². The number of carboxylic acid groups (broad SMARTS) is 1. The summed E-state index contributed by atoms with van der Waals surface area (Å²) in [6, 6.07) is 7.76. The molecular formula is C28H31F3N4O5S2. The summed E-state index contributed by atoms with van der Waals surface area (Å²) in [7, 11) is -4.38. The summed E-state index contributed by atoms with van der Waals surface area (Å²) in [5.74, 6) is -1.43. The van der Waals surface area contributed by atoms with Crippen molar-refractivity contribution in [1.82, 2.24) is 14.6 Å². The van der Waals surface area contributed by atoms with E-state index < -0.39 is 39.7 Å². The van der Waals surface area contributed by atoms with Gasteiger partial charge in [0.1, 0.15) is 10.9 Å². The van der Waals surface area contributed by atoms with Crippen LogP contribution in [0.2, 0.25) is 0 Å². The molecule has 0 radical (unpaired) electrons. The molecule has 4 rings (SSSR count). The van der Waals surface area contributed by atoms with Gasteiger partial charge in [0.05, 0.1) is 16.2 Å². The fraction of sp³-hybridized carbons (Fsp3) is 0.393. The fourth-order valence-corrected chi connectivity index (χ4v) is 7.20. The van der Waals surface area contributed by atoms with E-state index in [1.165, 1.54) is 0 Å². The number of hydrogen-bond donors (Lipinski definition) is 2. The summed E-state index contributed by atoms with van der Waals surface area (Å²) in [6.45, 7) is 7.51. The average molecular weight is 625 g/mol. The maximum atomic E-state index is 13.6. The summed E-state index contributed by atoms with van der Waals surface area (Å²) >= 11 is 0.922. The molecule has 42 heavy (non-hydrogen) atoms. The minimum atomic E-state index is -4.64. The van der Waals surface area contributed by atoms with E-state index in [1.54, 1.807) is 11.8 Å². The van der Waals surface area contributed by atoms with Crippen molar-refractivity contribution in [2.24, 2.45) is 0 Å². The van der Waals surface area contributed by atoms with Crippen molar-refractivity contribution < 1.29 is 36.3 Å². The summed E-state index contributed by atoms with van der Waals surface area (Å²) in [5.41, 5.74) is 2.25. The number of amides is 1. The number of nitrogens with zero attached hydrogens (tertiary/aromatic N) is 3. The van der Waals surface area contributed by atoms with Gasteiger partial charge in [0.15, 0.2) is 5.13 Å². The molecule has 1 aliphatic rings. The lowest BCUT2D eigenvalue weighted by Gasteiger charge is -2.39. The first-order valence-corrected chi connectivity index (χ1v) is 15.4. The number of sulfonamides is 1. The highest BCUT2D eigenvalue weighted by molar-refractivity contribution is 7.89. The monoisotopic (exact) mass is 624 g/mol. The van der Waals surface area contributed by atoms with Crippen molar-refractivity contribution in [3.8, 4) is 0 Å². The zero-order valence-electron chi connectivity index (χ0n) is 23.4. The molecule has 2 aromatic carbocycles. The molecule has 1 amide bonds. The second-order valence-corrected chi connectivity index (χ2v) is 13.2. The van der Waals surface area contributed by atoms with E-state index in [0.29, 0.717) is 28.9 Å². The number of carbonyl (C=O) groups excluding carboxylic acids is 1. The predicted molar refractivity (Wildman–Crippen MR) is 152 cm³/mol. The Hall–Kier alpha value is -3.49. The van der Waals surface area contributed by atoms with E-state index in [4.69, 9.17) is 0 Å². The Labute approximate surface area is 246 Å². The second-order valence-electron chi connectivity index (χ2n) is 10.4. The van der Waals surface area contributed by atoms with Gasteiger partial charge in [0, 0.05) is 26.2 Å². The third-order valence-electron chi connectivity index (χ3n) is 7.16. The normalized spacial score (nSPS) is 16.6. The quantitative estimate of drug-likeness (QED) is 0.370. The van der Waals surface area contributed by atoms with Gasteiger partial charge in [-0.25, -0.2) is 18.2 Å². The Bertz CT molecular complexity index is 1590. The summed E-state index contributed by atoms with van der Waals surface area (Å²) in [6.07, 6.45) is -4.64. The molecule has 2 heterocycles. The molecule has 1 aromatic heterocycles. The molecule has 0 aliphatic carbocycles. The second kappa shape index (κ2) is 12.0. The van der Waals surface area contributed by atoms with E-state index in [1.807, 2.05) is 25.1 Å². The number of benzene rings is 2. The lowest BCUT2D eigenvalue weighted by Crippen LogP contribution is -2.60. The molecule has 9 nitrogen and oxygen atoms in total. The SMILES string of the molecule is Cc1cc(C(C)C)ccc1CNC(=O)[C@H]1CN(c2nc(C)c(C(=O)O)s2)CCN1S(=O)(=O)c1ccc(C(F)(F)F)cc1. The Balaban J connectivity index is 1.63. The smallest absolute Gasteiger partial charge is 0.416 e. The number of anilines is 1. The molecule has 3 aromatic rings. The van der Waals surface area contributed by atoms with Crippen molar-refractivity contribution in [2.45, 2.75) is 57.3 Å². The standard InChI is InChI=1S/C28H31F3N4O5S2/c1-16(2)19-5-6-20(17(3)13-19)14-32-25(36)23-15-34(27-33-18(4)24(41-27)26(37)38)11-12-35(23)42(39,40)22-9-7-21(8-10-22)28(29,30)31/h5-10,13,16,23H,11-12,14-15H2,1-4H3,(H,32,36)(H,37,38)/t23-/m1/s1. The van der Waals surface area contributed by atoms with Gasteiger partial charge in [0.25, 0.3) is 0 Å². The highest BCUT2D eigenvalue weighted by Gasteiger charge is 2.41. The highest BCUT2D eigenvalue weighted by atomic mass is 32.2. The molecule has 1 saturated heterocycles. The van der Waals surface area contributed by atoms with E-state index in [0.717, 1.165) is 44.5 Å². The Morgan fingerprint density at radius 3 is 2.33 bits per heavy atom. The van der Waals surface area contributed by atoms with Crippen LogP contribution in [-0.4, -0.2) is 60.4 Å². The molecule has 0 spiro atoms. The molecule has 1 aliphatic heterocycles. The number of nitrogens with one attached hydrogen (secondary N) is 1. The number of aromatic carboxylic acids is 1. The van der Waals surface area contributed by atoms with E-state index in [2.05, 4.69) is 24.1 Å². The zero-order valence-corrected chi connectivity index (χ0v) is 25.0. The van der Waals surface area contributed by atoms with Gasteiger partial charge in [-0.1, -0.05) is 43.4 Å². The van der Waals surface area contributed by atoms with Crippen LogP contribution in [0.25, 0.3) is 0 Å². The van der Waals surface area contributed by atoms with Crippen molar-refractivity contribution in [2.75, 3.05) is 24.5 Å². The van der Waals surface area contributed by atoms with Crippen molar-refractivity contribution in [3.05, 3.63) is 75.3 Å². The first-order valence-electron chi connectivity index (χ1n) is 13.1. The average Bonchev–Trinajstić information content (AvgIpc) is 3.33. The minimum Gasteiger partial charge on any atom is -0.477 e. The minimum absolute atomic E-state index is 0.0335. The fourth-order valence-electron chi connectivity index (χ4n) is 4.69. The van der Waals surface area contributed by atoms with Crippen LogP contribution in [0.5, 0.6) is 0 Å². The van der Waals surface area contributed by atoms with Gasteiger partial charge < -0.3 is 15.3 Å². The van der Waals surface area contributed by atoms with Crippen LogP contribution in [0.4, 0.5) is 18.3 Å². The molecule has 0 bridgehead atoms. The summed E-state index contributed by atoms with van der Waals surface area (Å²) in [5, 5.41) is 12.6. The number of piperazine rings is 1. The van der Waals surface area contributed by atoms with Gasteiger partial charge in [-0.05, 0) is 60.7 Å². The zero-order chi connectivity index (χ0) is 31.0. The third-order valence-corrected chi connectivity index (χ3v) is 10.3. The lowest BCUT2D eigenvalue weighted by atomic mass is 9.98. The van der Waals surface area contributed by atoms with Gasteiger partial charge in [-0.3, -0.25) is 4.79 Å². The number of carbonyl (C=O) groups is 2. The van der Waals surface area contributed by atoms with E-state index >= 15 is 0 Å². The predicted octanol–water partition coefficient (Wildman–Crippen LogP) is 4.80. The van der Waals surface area contributed by atoms with Crippen LogP contribution in [0, 0.1) is 13.8 Å².